The van der Waals surface area contributed by atoms with Crippen molar-refractivity contribution in [2.45, 2.75) is 20.4 Å². The van der Waals surface area contributed by atoms with E-state index in [4.69, 9.17) is 4.74 Å². The molecule has 4 nitrogen and oxygen atoms in total. The highest BCUT2D eigenvalue weighted by Gasteiger charge is 2.09. The molecule has 0 unspecified atom stereocenters. The number of hydrogen-bond donors (Lipinski definition) is 1. The van der Waals surface area contributed by atoms with Gasteiger partial charge in [0.05, 0.1) is 13.1 Å². The third-order valence-corrected chi connectivity index (χ3v) is 4.49. The number of nitrogens with zero attached hydrogens (tertiary/aromatic N) is 1. The van der Waals surface area contributed by atoms with Crippen LogP contribution in [0.15, 0.2) is 35.7 Å². The molecule has 124 valence electrons. The van der Waals surface area contributed by atoms with Crippen LogP contribution in [0.3, 0.4) is 0 Å². The first-order valence-electron chi connectivity index (χ1n) is 7.72. The van der Waals surface area contributed by atoms with Crippen LogP contribution in [-0.2, 0) is 11.3 Å². The first kappa shape index (κ1) is 17.5. The number of likely N-dealkylation sites (N-methyl/N-ethyl adjacent to an activating group) is 1. The number of amides is 1. The maximum absolute atomic E-state index is 11.9. The van der Waals surface area contributed by atoms with Crippen LogP contribution >= 0.6 is 11.3 Å². The van der Waals surface area contributed by atoms with Crippen molar-refractivity contribution >= 4 is 17.2 Å². The summed E-state index contributed by atoms with van der Waals surface area (Å²) in [6.07, 6.45) is 0. The Balaban J connectivity index is 1.64. The zero-order valence-electron chi connectivity index (χ0n) is 14.0. The molecule has 1 N–H and O–H groups in total. The van der Waals surface area contributed by atoms with Gasteiger partial charge in [-0.15, -0.1) is 11.3 Å². The number of ether oxygens (including phenoxy) is 1. The van der Waals surface area contributed by atoms with E-state index in [1.807, 2.05) is 43.1 Å². The highest BCUT2D eigenvalue weighted by molar-refractivity contribution is 7.10. The molecule has 0 saturated carbocycles. The van der Waals surface area contributed by atoms with Crippen molar-refractivity contribution in [1.82, 2.24) is 10.2 Å². The van der Waals surface area contributed by atoms with Crippen molar-refractivity contribution in [3.63, 3.8) is 0 Å². The molecule has 0 atom stereocenters. The van der Waals surface area contributed by atoms with Crippen LogP contribution in [0.2, 0.25) is 0 Å². The lowest BCUT2D eigenvalue weighted by molar-refractivity contribution is -0.122. The molecule has 0 aliphatic heterocycles. The van der Waals surface area contributed by atoms with E-state index in [1.165, 1.54) is 10.4 Å². The molecule has 0 saturated heterocycles. The fourth-order valence-electron chi connectivity index (χ4n) is 2.23. The number of carbonyl (C=O) groups excluding carboxylic acids is 1. The van der Waals surface area contributed by atoms with Crippen molar-refractivity contribution in [1.29, 1.82) is 0 Å². The van der Waals surface area contributed by atoms with Gasteiger partial charge in [-0.3, -0.25) is 9.69 Å². The van der Waals surface area contributed by atoms with Crippen LogP contribution in [0, 0.1) is 13.8 Å². The van der Waals surface area contributed by atoms with Gasteiger partial charge in [-0.2, -0.15) is 0 Å². The van der Waals surface area contributed by atoms with E-state index < -0.39 is 0 Å². The van der Waals surface area contributed by atoms with Gasteiger partial charge in [-0.05, 0) is 55.6 Å². The van der Waals surface area contributed by atoms with E-state index in [0.29, 0.717) is 19.7 Å². The summed E-state index contributed by atoms with van der Waals surface area (Å²) in [7, 11) is 1.96. The Morgan fingerprint density at radius 3 is 2.83 bits per heavy atom. The fourth-order valence-corrected chi connectivity index (χ4v) is 3.22. The van der Waals surface area contributed by atoms with Crippen LogP contribution in [0.4, 0.5) is 0 Å². The molecule has 1 heterocycles. The number of thiophene rings is 1. The van der Waals surface area contributed by atoms with E-state index >= 15 is 0 Å². The normalized spacial score (nSPS) is 10.8. The van der Waals surface area contributed by atoms with Gasteiger partial charge in [0, 0.05) is 11.4 Å². The molecule has 0 radical (unpaired) electrons. The summed E-state index contributed by atoms with van der Waals surface area (Å²) >= 11 is 1.73. The Hall–Kier alpha value is -1.85. The molecule has 0 bridgehead atoms. The summed E-state index contributed by atoms with van der Waals surface area (Å²) in [4.78, 5) is 15.3. The molecule has 23 heavy (non-hydrogen) atoms. The van der Waals surface area contributed by atoms with Crippen molar-refractivity contribution < 1.29 is 9.53 Å². The molecule has 0 spiro atoms. The van der Waals surface area contributed by atoms with Gasteiger partial charge in [0.15, 0.2) is 0 Å². The van der Waals surface area contributed by atoms with Gasteiger partial charge in [0.25, 0.3) is 0 Å². The van der Waals surface area contributed by atoms with Crippen LogP contribution in [0.5, 0.6) is 5.75 Å². The second kappa shape index (κ2) is 8.70. The van der Waals surface area contributed by atoms with Crippen molar-refractivity contribution in [3.8, 4) is 5.75 Å². The SMILES string of the molecule is Cc1cccc(OCCNC(=O)CN(C)Cc2sccc2C)c1. The van der Waals surface area contributed by atoms with Crippen molar-refractivity contribution in [2.24, 2.45) is 0 Å². The first-order chi connectivity index (χ1) is 11.0. The summed E-state index contributed by atoms with van der Waals surface area (Å²) in [5.41, 5.74) is 2.45. The zero-order valence-corrected chi connectivity index (χ0v) is 14.8. The summed E-state index contributed by atoms with van der Waals surface area (Å²) in [6.45, 7) is 6.31. The van der Waals surface area contributed by atoms with Gasteiger partial charge >= 0.3 is 0 Å². The minimum absolute atomic E-state index is 0.0227. The van der Waals surface area contributed by atoms with Crippen LogP contribution in [0.1, 0.15) is 16.0 Å². The summed E-state index contributed by atoms with van der Waals surface area (Å²) in [5.74, 6) is 0.860. The van der Waals surface area contributed by atoms with E-state index in [2.05, 4.69) is 23.7 Å². The van der Waals surface area contributed by atoms with Crippen LogP contribution < -0.4 is 10.1 Å². The number of carbonyl (C=O) groups is 1. The lowest BCUT2D eigenvalue weighted by atomic mass is 10.2. The van der Waals surface area contributed by atoms with Gasteiger partial charge in [0.2, 0.25) is 5.91 Å². The van der Waals surface area contributed by atoms with Crippen LogP contribution in [0.25, 0.3) is 0 Å². The van der Waals surface area contributed by atoms with Crippen LogP contribution in [-0.4, -0.2) is 37.6 Å². The summed E-state index contributed by atoms with van der Waals surface area (Å²) in [5, 5.41) is 4.97. The molecule has 2 aromatic rings. The largest absolute Gasteiger partial charge is 0.492 e. The second-order valence-electron chi connectivity index (χ2n) is 5.71. The number of aryl methyl sites for hydroxylation is 2. The lowest BCUT2D eigenvalue weighted by Gasteiger charge is -2.16. The maximum Gasteiger partial charge on any atom is 0.234 e. The number of hydrogen-bond acceptors (Lipinski definition) is 4. The summed E-state index contributed by atoms with van der Waals surface area (Å²) in [6, 6.07) is 10.0. The maximum atomic E-state index is 11.9. The van der Waals surface area contributed by atoms with Gasteiger partial charge in [-0.1, -0.05) is 12.1 Å². The first-order valence-corrected chi connectivity index (χ1v) is 8.60. The Labute approximate surface area is 142 Å². The molecule has 0 aliphatic carbocycles. The fraction of sp³-hybridized carbons (Fsp3) is 0.389. The molecule has 1 aromatic carbocycles. The highest BCUT2D eigenvalue weighted by atomic mass is 32.1. The minimum Gasteiger partial charge on any atom is -0.492 e. The van der Waals surface area contributed by atoms with E-state index in [-0.39, 0.29) is 5.91 Å². The molecule has 1 aromatic heterocycles. The molecular formula is C18H24N2O2S. The summed E-state index contributed by atoms with van der Waals surface area (Å²) < 4.78 is 5.62. The average molecular weight is 332 g/mol. The number of rotatable bonds is 8. The highest BCUT2D eigenvalue weighted by Crippen LogP contribution is 2.17. The third kappa shape index (κ3) is 6.04. The second-order valence-corrected chi connectivity index (χ2v) is 6.71. The number of benzene rings is 1. The molecule has 0 fully saturated rings. The molecular weight excluding hydrogens is 308 g/mol. The van der Waals surface area contributed by atoms with Crippen molar-refractivity contribution in [2.75, 3.05) is 26.7 Å². The predicted molar refractivity (Wildman–Crippen MR) is 95.1 cm³/mol. The topological polar surface area (TPSA) is 41.6 Å². The lowest BCUT2D eigenvalue weighted by Crippen LogP contribution is -2.36. The Morgan fingerprint density at radius 1 is 1.30 bits per heavy atom. The zero-order chi connectivity index (χ0) is 16.7. The van der Waals surface area contributed by atoms with Crippen molar-refractivity contribution in [3.05, 3.63) is 51.7 Å². The monoisotopic (exact) mass is 332 g/mol. The predicted octanol–water partition coefficient (Wildman–Crippen LogP) is 2.99. The number of nitrogens with one attached hydrogen (secondary N) is 1. The quantitative estimate of drug-likeness (QED) is 0.756. The Bertz CT molecular complexity index is 639. The minimum atomic E-state index is 0.0227. The Morgan fingerprint density at radius 2 is 2.13 bits per heavy atom. The third-order valence-electron chi connectivity index (χ3n) is 3.48. The van der Waals surface area contributed by atoms with Gasteiger partial charge in [-0.25, -0.2) is 0 Å². The molecule has 2 rings (SSSR count). The van der Waals surface area contributed by atoms with Gasteiger partial charge < -0.3 is 10.1 Å². The molecule has 0 aliphatic rings. The van der Waals surface area contributed by atoms with E-state index in [0.717, 1.165) is 17.9 Å². The standard InChI is InChI=1S/C18H24N2O2S/c1-14-5-4-6-16(11-14)22-9-8-19-18(21)13-20(3)12-17-15(2)7-10-23-17/h4-7,10-11H,8-9,12-13H2,1-3H3,(H,19,21). The Kier molecular flexibility index (Phi) is 6.62. The average Bonchev–Trinajstić information content (AvgIpc) is 2.89. The van der Waals surface area contributed by atoms with Gasteiger partial charge in [0.1, 0.15) is 12.4 Å². The van der Waals surface area contributed by atoms with E-state index in [9.17, 15) is 4.79 Å². The van der Waals surface area contributed by atoms with E-state index in [1.54, 1.807) is 11.3 Å². The molecule has 1 amide bonds. The smallest absolute Gasteiger partial charge is 0.234 e. The molecule has 5 heteroatoms.